The molecule has 1 unspecified atom stereocenters. The maximum atomic E-state index is 13.8. The number of guanidine groups is 1. The molecular formula is C17H19F2N3O2. The van der Waals surface area contributed by atoms with Crippen LogP contribution in [-0.4, -0.2) is 24.7 Å². The number of anilines is 1. The zero-order valence-corrected chi connectivity index (χ0v) is 13.4. The van der Waals surface area contributed by atoms with Crippen LogP contribution in [0, 0.1) is 11.6 Å². The average Bonchev–Trinajstić information content (AvgIpc) is 2.53. The van der Waals surface area contributed by atoms with Gasteiger partial charge in [-0.05, 0) is 25.1 Å². The van der Waals surface area contributed by atoms with Gasteiger partial charge in [0.15, 0.2) is 5.96 Å². The second-order valence-electron chi connectivity index (χ2n) is 5.46. The molecule has 128 valence electrons. The van der Waals surface area contributed by atoms with Crippen molar-refractivity contribution in [3.63, 3.8) is 0 Å². The summed E-state index contributed by atoms with van der Waals surface area (Å²) in [7, 11) is 1.55. The van der Waals surface area contributed by atoms with Gasteiger partial charge in [0.1, 0.15) is 23.0 Å². The number of halogens is 2. The third-order valence-corrected chi connectivity index (χ3v) is 3.41. The Bertz CT molecular complexity index is 748. The van der Waals surface area contributed by atoms with Crippen LogP contribution in [0.15, 0.2) is 47.5 Å². The summed E-state index contributed by atoms with van der Waals surface area (Å²) in [6.07, 6.45) is 0. The Balaban J connectivity index is 2.09. The Morgan fingerprint density at radius 1 is 1.29 bits per heavy atom. The van der Waals surface area contributed by atoms with Crippen LogP contribution in [0.5, 0.6) is 5.75 Å². The summed E-state index contributed by atoms with van der Waals surface area (Å²) in [5.74, 6) is -0.858. The summed E-state index contributed by atoms with van der Waals surface area (Å²) in [5.41, 5.74) is 4.75. The van der Waals surface area contributed by atoms with Gasteiger partial charge in [-0.3, -0.25) is 0 Å². The zero-order chi connectivity index (χ0) is 17.7. The molecule has 2 aromatic rings. The fraction of sp³-hybridized carbons (Fsp3) is 0.235. The number of benzene rings is 2. The minimum absolute atomic E-state index is 0.0473. The Labute approximate surface area is 138 Å². The van der Waals surface area contributed by atoms with Gasteiger partial charge in [-0.25, -0.2) is 13.8 Å². The van der Waals surface area contributed by atoms with E-state index in [4.69, 9.17) is 10.5 Å². The molecule has 0 aliphatic rings. The summed E-state index contributed by atoms with van der Waals surface area (Å²) >= 11 is 0. The quantitative estimate of drug-likeness (QED) is 0.580. The second kappa shape index (κ2) is 7.27. The van der Waals surface area contributed by atoms with Crippen LogP contribution in [0.2, 0.25) is 0 Å². The van der Waals surface area contributed by atoms with Gasteiger partial charge in [-0.1, -0.05) is 12.1 Å². The first-order chi connectivity index (χ1) is 11.3. The predicted molar refractivity (Wildman–Crippen MR) is 89.0 cm³/mol. The van der Waals surface area contributed by atoms with Gasteiger partial charge in [0.2, 0.25) is 0 Å². The van der Waals surface area contributed by atoms with Crippen molar-refractivity contribution in [1.29, 1.82) is 0 Å². The minimum atomic E-state index is -1.63. The Hall–Kier alpha value is -2.67. The van der Waals surface area contributed by atoms with E-state index in [-0.39, 0.29) is 18.1 Å². The lowest BCUT2D eigenvalue weighted by atomic mass is 9.95. The predicted octanol–water partition coefficient (Wildman–Crippen LogP) is 2.61. The van der Waals surface area contributed by atoms with E-state index in [0.717, 1.165) is 6.07 Å². The summed E-state index contributed by atoms with van der Waals surface area (Å²) < 4.78 is 31.9. The first-order valence-corrected chi connectivity index (χ1v) is 7.21. The molecule has 2 rings (SSSR count). The van der Waals surface area contributed by atoms with Crippen LogP contribution in [-0.2, 0) is 5.60 Å². The number of hydrogen-bond acceptors (Lipinski definition) is 3. The number of methoxy groups -OCH3 is 1. The Morgan fingerprint density at radius 3 is 2.71 bits per heavy atom. The number of aliphatic hydroxyl groups is 1. The van der Waals surface area contributed by atoms with Gasteiger partial charge in [0.05, 0.1) is 13.7 Å². The minimum Gasteiger partial charge on any atom is -0.497 e. The third kappa shape index (κ3) is 4.42. The molecule has 5 nitrogen and oxygen atoms in total. The molecule has 0 bridgehead atoms. The van der Waals surface area contributed by atoms with Crippen LogP contribution in [0.25, 0.3) is 0 Å². The highest BCUT2D eigenvalue weighted by atomic mass is 19.1. The largest absolute Gasteiger partial charge is 0.497 e. The zero-order valence-electron chi connectivity index (χ0n) is 13.4. The molecule has 0 heterocycles. The number of hydrogen-bond donors (Lipinski definition) is 3. The van der Waals surface area contributed by atoms with Crippen LogP contribution < -0.4 is 15.8 Å². The van der Waals surface area contributed by atoms with E-state index >= 15 is 0 Å². The third-order valence-electron chi connectivity index (χ3n) is 3.41. The number of nitrogens with zero attached hydrogens (tertiary/aromatic N) is 1. The highest BCUT2D eigenvalue weighted by molar-refractivity contribution is 5.92. The van der Waals surface area contributed by atoms with Crippen LogP contribution in [0.3, 0.4) is 0 Å². The Morgan fingerprint density at radius 2 is 2.04 bits per heavy atom. The van der Waals surface area contributed by atoms with E-state index in [1.165, 1.54) is 13.0 Å². The van der Waals surface area contributed by atoms with Crippen molar-refractivity contribution < 1.29 is 18.6 Å². The average molecular weight is 335 g/mol. The maximum Gasteiger partial charge on any atom is 0.193 e. The van der Waals surface area contributed by atoms with Crippen molar-refractivity contribution in [1.82, 2.24) is 0 Å². The standard InChI is InChI=1S/C17H19F2N3O2/c1-17(23,14-7-6-11(18)8-15(14)19)10-21-16(20)22-12-4-3-5-13(9-12)24-2/h3-9,23H,10H2,1-2H3,(H3,20,21,22). The molecule has 0 saturated carbocycles. The topological polar surface area (TPSA) is 79.9 Å². The summed E-state index contributed by atoms with van der Waals surface area (Å²) in [6.45, 7) is 1.18. The van der Waals surface area contributed by atoms with E-state index in [1.807, 2.05) is 0 Å². The van der Waals surface area contributed by atoms with E-state index in [9.17, 15) is 13.9 Å². The molecule has 0 aromatic heterocycles. The van der Waals surface area contributed by atoms with E-state index < -0.39 is 17.2 Å². The molecular weight excluding hydrogens is 316 g/mol. The number of rotatable bonds is 5. The lowest BCUT2D eigenvalue weighted by molar-refractivity contribution is 0.0634. The molecule has 0 amide bonds. The van der Waals surface area contributed by atoms with E-state index in [2.05, 4.69) is 10.3 Å². The maximum absolute atomic E-state index is 13.8. The fourth-order valence-corrected chi connectivity index (χ4v) is 2.14. The molecule has 0 saturated heterocycles. The van der Waals surface area contributed by atoms with Crippen molar-refractivity contribution in [3.05, 3.63) is 59.7 Å². The van der Waals surface area contributed by atoms with Gasteiger partial charge in [0.25, 0.3) is 0 Å². The van der Waals surface area contributed by atoms with Gasteiger partial charge >= 0.3 is 0 Å². The van der Waals surface area contributed by atoms with Crippen LogP contribution >= 0.6 is 0 Å². The first-order valence-electron chi connectivity index (χ1n) is 7.21. The van der Waals surface area contributed by atoms with Gasteiger partial charge in [0, 0.05) is 23.4 Å². The SMILES string of the molecule is COc1cccc(NC(N)=NCC(C)(O)c2ccc(F)cc2F)c1. The van der Waals surface area contributed by atoms with Crippen molar-refractivity contribution in [2.24, 2.45) is 10.7 Å². The number of ether oxygens (including phenoxy) is 1. The summed E-state index contributed by atoms with van der Waals surface area (Å²) in [5, 5.41) is 13.2. The number of nitrogens with one attached hydrogen (secondary N) is 1. The highest BCUT2D eigenvalue weighted by Gasteiger charge is 2.26. The molecule has 4 N–H and O–H groups in total. The van der Waals surface area contributed by atoms with Gasteiger partial charge in [-0.2, -0.15) is 0 Å². The molecule has 0 aliphatic carbocycles. The van der Waals surface area contributed by atoms with E-state index in [1.54, 1.807) is 31.4 Å². The lowest BCUT2D eigenvalue weighted by Crippen LogP contribution is -2.30. The molecule has 1 atom stereocenters. The Kier molecular flexibility index (Phi) is 5.35. The van der Waals surface area contributed by atoms with Crippen LogP contribution in [0.1, 0.15) is 12.5 Å². The number of nitrogens with two attached hydrogens (primary N) is 1. The lowest BCUT2D eigenvalue weighted by Gasteiger charge is -2.22. The molecule has 0 spiro atoms. The van der Waals surface area contributed by atoms with Crippen LogP contribution in [0.4, 0.5) is 14.5 Å². The highest BCUT2D eigenvalue weighted by Crippen LogP contribution is 2.24. The smallest absolute Gasteiger partial charge is 0.193 e. The molecule has 7 heteroatoms. The summed E-state index contributed by atoms with van der Waals surface area (Å²) in [4.78, 5) is 4.02. The molecule has 0 aliphatic heterocycles. The first kappa shape index (κ1) is 17.7. The van der Waals surface area contributed by atoms with Crippen molar-refractivity contribution in [2.45, 2.75) is 12.5 Å². The second-order valence-corrected chi connectivity index (χ2v) is 5.46. The van der Waals surface area contributed by atoms with Gasteiger partial charge in [-0.15, -0.1) is 0 Å². The molecule has 0 radical (unpaired) electrons. The van der Waals surface area contributed by atoms with E-state index in [0.29, 0.717) is 17.5 Å². The number of aliphatic imine (C=N–C) groups is 1. The fourth-order valence-electron chi connectivity index (χ4n) is 2.14. The monoisotopic (exact) mass is 335 g/mol. The molecule has 0 fully saturated rings. The normalized spacial score (nSPS) is 14.1. The van der Waals surface area contributed by atoms with Crippen molar-refractivity contribution in [2.75, 3.05) is 19.0 Å². The summed E-state index contributed by atoms with van der Waals surface area (Å²) in [6, 6.07) is 10.0. The van der Waals surface area contributed by atoms with Crippen molar-refractivity contribution in [3.8, 4) is 5.75 Å². The molecule has 24 heavy (non-hydrogen) atoms. The van der Waals surface area contributed by atoms with Crippen molar-refractivity contribution >= 4 is 11.6 Å². The molecule has 2 aromatic carbocycles. The van der Waals surface area contributed by atoms with Gasteiger partial charge < -0.3 is 20.9 Å².